The molecule has 6 rings (SSSR count). The molecule has 0 heterocycles. The summed E-state index contributed by atoms with van der Waals surface area (Å²) in [6, 6.07) is 35.1. The van der Waals surface area contributed by atoms with Crippen LogP contribution in [-0.2, 0) is 17.3 Å². The Hall–Kier alpha value is -3.12. The summed E-state index contributed by atoms with van der Waals surface area (Å²) in [6.45, 7) is 25.3. The molecule has 0 amide bonds. The Labute approximate surface area is 241 Å². The highest BCUT2D eigenvalue weighted by atomic mass is 14.4. The minimum Gasteiger partial charge on any atom is -0.0683 e. The van der Waals surface area contributed by atoms with Gasteiger partial charge in [-0.15, -0.1) is 0 Å². The third-order valence-corrected chi connectivity index (χ3v) is 7.25. The van der Waals surface area contributed by atoms with E-state index in [0.29, 0.717) is 0 Å². The second-order valence-electron chi connectivity index (χ2n) is 9.83. The molecule has 39 heavy (non-hydrogen) atoms. The van der Waals surface area contributed by atoms with Crippen molar-refractivity contribution in [1.82, 2.24) is 0 Å². The van der Waals surface area contributed by atoms with Gasteiger partial charge in [0, 0.05) is 10.8 Å². The van der Waals surface area contributed by atoms with Crippen molar-refractivity contribution in [2.45, 2.75) is 100 Å². The Balaban J connectivity index is 0.000000312. The van der Waals surface area contributed by atoms with Crippen molar-refractivity contribution in [2.24, 2.45) is 0 Å². The first-order valence-electron chi connectivity index (χ1n) is 15.3. The number of hydrogen-bond donors (Lipinski definition) is 0. The predicted molar refractivity (Wildman–Crippen MR) is 177 cm³/mol. The van der Waals surface area contributed by atoms with E-state index < -0.39 is 0 Å². The maximum atomic E-state index is 2.32. The summed E-state index contributed by atoms with van der Waals surface area (Å²) >= 11 is 0. The summed E-state index contributed by atoms with van der Waals surface area (Å²) in [6.07, 6.45) is 1.08. The standard InChI is InChI=1S/C16H16.C15H14.4C2H6/c1-16(2)14-9-5-3-7-12(14)11-13-8-4-6-10-15(13)16;1-15(2)13-9-5-3-7-11(13)12-8-4-6-10-14(12)15;4*1-2/h3-10H,11H2,1-2H3;3-10H,1-2H3;4*1-2H3. The highest BCUT2D eigenvalue weighted by Gasteiger charge is 2.34. The average molecular weight is 523 g/mol. The van der Waals surface area contributed by atoms with Crippen LogP contribution in [0.3, 0.4) is 0 Å². The van der Waals surface area contributed by atoms with Gasteiger partial charge in [0.1, 0.15) is 0 Å². The topological polar surface area (TPSA) is 0 Å². The summed E-state index contributed by atoms with van der Waals surface area (Å²) in [4.78, 5) is 0. The van der Waals surface area contributed by atoms with Gasteiger partial charge in [-0.2, -0.15) is 0 Å². The van der Waals surface area contributed by atoms with Gasteiger partial charge in [0.25, 0.3) is 0 Å². The van der Waals surface area contributed by atoms with Crippen molar-refractivity contribution in [3.8, 4) is 11.1 Å². The van der Waals surface area contributed by atoms with Crippen molar-refractivity contribution in [2.75, 3.05) is 0 Å². The third-order valence-electron chi connectivity index (χ3n) is 7.25. The van der Waals surface area contributed by atoms with E-state index in [0.717, 1.165) is 6.42 Å². The summed E-state index contributed by atoms with van der Waals surface area (Å²) < 4.78 is 0. The first-order chi connectivity index (χ1) is 18.9. The lowest BCUT2D eigenvalue weighted by atomic mass is 9.69. The van der Waals surface area contributed by atoms with Crippen molar-refractivity contribution >= 4 is 0 Å². The van der Waals surface area contributed by atoms with E-state index in [9.17, 15) is 0 Å². The fourth-order valence-electron chi connectivity index (χ4n) is 5.59. The molecule has 0 radical (unpaired) electrons. The summed E-state index contributed by atoms with van der Waals surface area (Å²) in [7, 11) is 0. The molecule has 0 nitrogen and oxygen atoms in total. The highest BCUT2D eigenvalue weighted by molar-refractivity contribution is 5.80. The SMILES string of the molecule is CC.CC.CC.CC.CC1(C)c2ccccc2-c2ccccc21.CC1(C)c2ccccc2Cc2ccccc21. The van der Waals surface area contributed by atoms with E-state index in [2.05, 4.69) is 125 Å². The van der Waals surface area contributed by atoms with Gasteiger partial charge in [-0.1, -0.05) is 180 Å². The van der Waals surface area contributed by atoms with Gasteiger partial charge in [0.15, 0.2) is 0 Å². The highest BCUT2D eigenvalue weighted by Crippen LogP contribution is 2.48. The van der Waals surface area contributed by atoms with Crippen molar-refractivity contribution in [1.29, 1.82) is 0 Å². The van der Waals surface area contributed by atoms with Crippen molar-refractivity contribution in [3.63, 3.8) is 0 Å². The Morgan fingerprint density at radius 2 is 0.615 bits per heavy atom. The van der Waals surface area contributed by atoms with Crippen molar-refractivity contribution < 1.29 is 0 Å². The lowest BCUT2D eigenvalue weighted by Gasteiger charge is -2.35. The fraction of sp³-hybridized carbons (Fsp3) is 0.385. The molecule has 0 bridgehead atoms. The largest absolute Gasteiger partial charge is 0.0683 e. The molecule has 210 valence electrons. The van der Waals surface area contributed by atoms with E-state index in [-0.39, 0.29) is 10.8 Å². The van der Waals surface area contributed by atoms with Gasteiger partial charge in [0.05, 0.1) is 0 Å². The number of rotatable bonds is 0. The molecule has 0 atom stereocenters. The first-order valence-corrected chi connectivity index (χ1v) is 15.3. The molecule has 0 fully saturated rings. The zero-order valence-electron chi connectivity index (χ0n) is 26.9. The number of fused-ring (bicyclic) bond motifs is 5. The van der Waals surface area contributed by atoms with Crippen molar-refractivity contribution in [3.05, 3.63) is 130 Å². The molecule has 0 unspecified atom stereocenters. The van der Waals surface area contributed by atoms with Crippen LogP contribution in [0.4, 0.5) is 0 Å². The number of hydrogen-bond acceptors (Lipinski definition) is 0. The van der Waals surface area contributed by atoms with Gasteiger partial charge in [0.2, 0.25) is 0 Å². The van der Waals surface area contributed by atoms with E-state index in [1.54, 1.807) is 0 Å². The second-order valence-corrected chi connectivity index (χ2v) is 9.83. The normalized spacial score (nSPS) is 13.4. The van der Waals surface area contributed by atoms with Gasteiger partial charge < -0.3 is 0 Å². The molecular formula is C39H54. The molecule has 0 saturated heterocycles. The lowest BCUT2D eigenvalue weighted by molar-refractivity contribution is 0.610. The Bertz CT molecular complexity index is 1160. The Morgan fingerprint density at radius 3 is 0.974 bits per heavy atom. The van der Waals surface area contributed by atoms with Gasteiger partial charge in [-0.3, -0.25) is 0 Å². The van der Waals surface area contributed by atoms with E-state index in [4.69, 9.17) is 0 Å². The summed E-state index contributed by atoms with van der Waals surface area (Å²) in [5, 5.41) is 0. The maximum Gasteiger partial charge on any atom is 0.0158 e. The van der Waals surface area contributed by atoms with Crippen LogP contribution >= 0.6 is 0 Å². The lowest BCUT2D eigenvalue weighted by Crippen LogP contribution is -2.26. The maximum absolute atomic E-state index is 2.32. The van der Waals surface area contributed by atoms with Crippen LogP contribution in [0.25, 0.3) is 11.1 Å². The van der Waals surface area contributed by atoms with E-state index in [1.165, 1.54) is 44.5 Å². The summed E-state index contributed by atoms with van der Waals surface area (Å²) in [5.41, 5.74) is 11.9. The molecule has 2 aliphatic carbocycles. The zero-order chi connectivity index (χ0) is 29.6. The van der Waals surface area contributed by atoms with E-state index in [1.807, 2.05) is 55.4 Å². The minimum absolute atomic E-state index is 0.144. The molecular weight excluding hydrogens is 468 g/mol. The molecule has 0 aromatic heterocycles. The molecule has 0 aliphatic heterocycles. The zero-order valence-corrected chi connectivity index (χ0v) is 26.9. The fourth-order valence-corrected chi connectivity index (χ4v) is 5.59. The van der Waals surface area contributed by atoms with Gasteiger partial charge >= 0.3 is 0 Å². The molecule has 2 aliphatic rings. The minimum atomic E-state index is 0.144. The van der Waals surface area contributed by atoms with Crippen LogP contribution in [-0.4, -0.2) is 0 Å². The second kappa shape index (κ2) is 16.1. The Kier molecular flexibility index (Phi) is 14.0. The van der Waals surface area contributed by atoms with Crippen LogP contribution in [0.2, 0.25) is 0 Å². The van der Waals surface area contributed by atoms with Crippen LogP contribution < -0.4 is 0 Å². The quantitative estimate of drug-likeness (QED) is 0.215. The summed E-state index contributed by atoms with van der Waals surface area (Å²) in [5.74, 6) is 0. The Morgan fingerprint density at radius 1 is 0.359 bits per heavy atom. The average Bonchev–Trinajstić information content (AvgIpc) is 3.24. The molecule has 0 saturated carbocycles. The van der Waals surface area contributed by atoms with Crippen LogP contribution in [0.1, 0.15) is 116 Å². The smallest absolute Gasteiger partial charge is 0.0158 e. The van der Waals surface area contributed by atoms with Crippen LogP contribution in [0.5, 0.6) is 0 Å². The number of benzene rings is 4. The molecule has 4 aromatic rings. The third kappa shape index (κ3) is 7.10. The molecule has 0 heteroatoms. The predicted octanol–water partition coefficient (Wildman–Crippen LogP) is 12.0. The molecule has 0 N–H and O–H groups in total. The monoisotopic (exact) mass is 522 g/mol. The molecule has 4 aromatic carbocycles. The van der Waals surface area contributed by atoms with Crippen LogP contribution in [0.15, 0.2) is 97.1 Å². The van der Waals surface area contributed by atoms with Crippen LogP contribution in [0, 0.1) is 0 Å². The van der Waals surface area contributed by atoms with Gasteiger partial charge in [-0.05, 0) is 50.9 Å². The first kappa shape index (κ1) is 33.9. The molecule has 0 spiro atoms. The van der Waals surface area contributed by atoms with Gasteiger partial charge in [-0.25, -0.2) is 0 Å². The van der Waals surface area contributed by atoms with E-state index >= 15 is 0 Å².